The first-order valence-electron chi connectivity index (χ1n) is 9.86. The predicted octanol–water partition coefficient (Wildman–Crippen LogP) is 5.21. The van der Waals surface area contributed by atoms with Crippen LogP contribution in [0.3, 0.4) is 0 Å². The van der Waals surface area contributed by atoms with Crippen molar-refractivity contribution >= 4 is 11.6 Å². The number of rotatable bonds is 7. The lowest BCUT2D eigenvalue weighted by molar-refractivity contribution is 0.102. The zero-order chi connectivity index (χ0) is 22.3. The monoisotopic (exact) mass is 427 g/mol. The van der Waals surface area contributed by atoms with Crippen LogP contribution in [0.5, 0.6) is 23.1 Å². The fourth-order valence-electron chi connectivity index (χ4n) is 3.01. The van der Waals surface area contributed by atoms with E-state index in [2.05, 4.69) is 15.5 Å². The van der Waals surface area contributed by atoms with Crippen LogP contribution >= 0.6 is 0 Å². The zero-order valence-electron chi connectivity index (χ0n) is 17.6. The molecule has 7 heteroatoms. The van der Waals surface area contributed by atoms with Gasteiger partial charge in [0.25, 0.3) is 5.91 Å². The molecule has 0 aliphatic carbocycles. The fraction of sp³-hybridized carbons (Fsp3) is 0.0800. The third-order valence-corrected chi connectivity index (χ3v) is 4.67. The molecule has 0 bridgehead atoms. The van der Waals surface area contributed by atoms with Crippen molar-refractivity contribution in [2.24, 2.45) is 0 Å². The van der Waals surface area contributed by atoms with Crippen LogP contribution in [0, 0.1) is 0 Å². The van der Waals surface area contributed by atoms with Gasteiger partial charge in [0.05, 0.1) is 19.9 Å². The van der Waals surface area contributed by atoms with E-state index in [0.717, 1.165) is 5.56 Å². The largest absolute Gasteiger partial charge is 0.497 e. The summed E-state index contributed by atoms with van der Waals surface area (Å²) in [6.45, 7) is 0. The molecule has 0 spiro atoms. The SMILES string of the molecule is COc1cccc(NC(=O)c2ccc(-c3ccc(Oc4cccc(OC)c4)nn3)cc2)c1. The summed E-state index contributed by atoms with van der Waals surface area (Å²) < 4.78 is 16.1. The van der Waals surface area contributed by atoms with Crippen molar-refractivity contribution in [1.29, 1.82) is 0 Å². The third-order valence-electron chi connectivity index (χ3n) is 4.67. The molecule has 4 rings (SSSR count). The molecule has 160 valence electrons. The van der Waals surface area contributed by atoms with Crippen LogP contribution < -0.4 is 19.5 Å². The molecule has 0 saturated carbocycles. The van der Waals surface area contributed by atoms with Gasteiger partial charge in [0.2, 0.25) is 5.88 Å². The molecular weight excluding hydrogens is 406 g/mol. The highest BCUT2D eigenvalue weighted by Gasteiger charge is 2.09. The van der Waals surface area contributed by atoms with E-state index in [1.54, 1.807) is 50.6 Å². The van der Waals surface area contributed by atoms with Crippen LogP contribution in [0.25, 0.3) is 11.3 Å². The second-order valence-corrected chi connectivity index (χ2v) is 6.80. The summed E-state index contributed by atoms with van der Waals surface area (Å²) in [7, 11) is 3.18. The number of carbonyl (C=O) groups excluding carboxylic acids is 1. The minimum atomic E-state index is -0.210. The molecule has 0 atom stereocenters. The van der Waals surface area contributed by atoms with Gasteiger partial charge in [-0.3, -0.25) is 4.79 Å². The van der Waals surface area contributed by atoms with E-state index in [-0.39, 0.29) is 5.91 Å². The molecule has 7 nitrogen and oxygen atoms in total. The van der Waals surface area contributed by atoms with Crippen molar-refractivity contribution in [2.45, 2.75) is 0 Å². The van der Waals surface area contributed by atoms with Crippen molar-refractivity contribution in [2.75, 3.05) is 19.5 Å². The Balaban J connectivity index is 1.42. The summed E-state index contributed by atoms with van der Waals surface area (Å²) in [6.07, 6.45) is 0. The van der Waals surface area contributed by atoms with E-state index < -0.39 is 0 Å². The van der Waals surface area contributed by atoms with E-state index in [4.69, 9.17) is 14.2 Å². The Morgan fingerprint density at radius 2 is 1.44 bits per heavy atom. The van der Waals surface area contributed by atoms with E-state index in [1.165, 1.54) is 0 Å². The number of hydrogen-bond acceptors (Lipinski definition) is 6. The summed E-state index contributed by atoms with van der Waals surface area (Å²) >= 11 is 0. The number of amides is 1. The topological polar surface area (TPSA) is 82.6 Å². The Hall–Kier alpha value is -4.39. The zero-order valence-corrected chi connectivity index (χ0v) is 17.6. The average Bonchev–Trinajstić information content (AvgIpc) is 2.85. The molecule has 32 heavy (non-hydrogen) atoms. The molecule has 0 saturated heterocycles. The predicted molar refractivity (Wildman–Crippen MR) is 121 cm³/mol. The lowest BCUT2D eigenvalue weighted by atomic mass is 10.1. The maximum Gasteiger partial charge on any atom is 0.255 e. The third kappa shape index (κ3) is 5.02. The Morgan fingerprint density at radius 3 is 2.12 bits per heavy atom. The fourth-order valence-corrected chi connectivity index (χ4v) is 3.01. The van der Waals surface area contributed by atoms with Crippen LogP contribution in [-0.4, -0.2) is 30.3 Å². The highest BCUT2D eigenvalue weighted by molar-refractivity contribution is 6.04. The Labute approximate surface area is 185 Å². The minimum absolute atomic E-state index is 0.210. The van der Waals surface area contributed by atoms with Gasteiger partial charge in [-0.2, -0.15) is 0 Å². The van der Waals surface area contributed by atoms with Crippen LogP contribution in [0.2, 0.25) is 0 Å². The van der Waals surface area contributed by atoms with Gasteiger partial charge in [-0.05, 0) is 42.5 Å². The lowest BCUT2D eigenvalue weighted by Gasteiger charge is -2.08. The van der Waals surface area contributed by atoms with Crippen molar-refractivity contribution < 1.29 is 19.0 Å². The Bertz CT molecular complexity index is 1210. The average molecular weight is 427 g/mol. The molecule has 0 radical (unpaired) electrons. The molecule has 1 amide bonds. The highest BCUT2D eigenvalue weighted by atomic mass is 16.5. The summed E-state index contributed by atoms with van der Waals surface area (Å²) in [5, 5.41) is 11.2. The Morgan fingerprint density at radius 1 is 0.750 bits per heavy atom. The maximum atomic E-state index is 12.5. The first-order chi connectivity index (χ1) is 15.6. The van der Waals surface area contributed by atoms with E-state index in [9.17, 15) is 4.79 Å². The molecule has 1 aromatic heterocycles. The van der Waals surface area contributed by atoms with Gasteiger partial charge in [0, 0.05) is 35.0 Å². The number of methoxy groups -OCH3 is 2. The van der Waals surface area contributed by atoms with Gasteiger partial charge >= 0.3 is 0 Å². The van der Waals surface area contributed by atoms with Crippen LogP contribution in [0.1, 0.15) is 10.4 Å². The number of ether oxygens (including phenoxy) is 3. The molecule has 0 unspecified atom stereocenters. The maximum absolute atomic E-state index is 12.5. The summed E-state index contributed by atoms with van der Waals surface area (Å²) in [4.78, 5) is 12.5. The normalized spacial score (nSPS) is 10.3. The van der Waals surface area contributed by atoms with E-state index in [1.807, 2.05) is 48.5 Å². The van der Waals surface area contributed by atoms with E-state index >= 15 is 0 Å². The molecular formula is C25H21N3O4. The van der Waals surface area contributed by atoms with Gasteiger partial charge in [-0.15, -0.1) is 10.2 Å². The van der Waals surface area contributed by atoms with Crippen molar-refractivity contribution in [3.05, 3.63) is 90.5 Å². The minimum Gasteiger partial charge on any atom is -0.497 e. The van der Waals surface area contributed by atoms with Crippen LogP contribution in [0.15, 0.2) is 84.9 Å². The standard InChI is InChI=1S/C25H21N3O4/c1-30-20-6-3-5-19(15-20)26-25(29)18-11-9-17(10-12-18)23-13-14-24(28-27-23)32-22-8-4-7-21(16-22)31-2/h3-16H,1-2H3,(H,26,29). The summed E-state index contributed by atoms with van der Waals surface area (Å²) in [5.41, 5.74) is 2.70. The number of hydrogen-bond donors (Lipinski definition) is 1. The van der Waals surface area contributed by atoms with Crippen molar-refractivity contribution in [3.63, 3.8) is 0 Å². The van der Waals surface area contributed by atoms with Gasteiger partial charge in [-0.1, -0.05) is 24.3 Å². The molecule has 1 N–H and O–H groups in total. The van der Waals surface area contributed by atoms with Gasteiger partial charge in [0.15, 0.2) is 0 Å². The quantitative estimate of drug-likeness (QED) is 0.436. The van der Waals surface area contributed by atoms with E-state index in [0.29, 0.717) is 40.1 Å². The van der Waals surface area contributed by atoms with Gasteiger partial charge in [0.1, 0.15) is 17.2 Å². The highest BCUT2D eigenvalue weighted by Crippen LogP contribution is 2.25. The van der Waals surface area contributed by atoms with Crippen molar-refractivity contribution in [3.8, 4) is 34.4 Å². The second-order valence-electron chi connectivity index (χ2n) is 6.80. The van der Waals surface area contributed by atoms with Crippen LogP contribution in [-0.2, 0) is 0 Å². The molecule has 0 aliphatic heterocycles. The number of anilines is 1. The molecule has 3 aromatic carbocycles. The van der Waals surface area contributed by atoms with Crippen LogP contribution in [0.4, 0.5) is 5.69 Å². The second kappa shape index (κ2) is 9.61. The molecule has 0 aliphatic rings. The number of nitrogens with one attached hydrogen (secondary N) is 1. The molecule has 4 aromatic rings. The summed E-state index contributed by atoms with van der Waals surface area (Å²) in [5.74, 6) is 2.14. The smallest absolute Gasteiger partial charge is 0.255 e. The Kier molecular flexibility index (Phi) is 6.27. The number of nitrogens with zero attached hydrogens (tertiary/aromatic N) is 2. The number of carbonyl (C=O) groups is 1. The van der Waals surface area contributed by atoms with Gasteiger partial charge < -0.3 is 19.5 Å². The number of aromatic nitrogens is 2. The first-order valence-corrected chi connectivity index (χ1v) is 9.86. The van der Waals surface area contributed by atoms with Gasteiger partial charge in [-0.25, -0.2) is 0 Å². The summed E-state index contributed by atoms with van der Waals surface area (Å²) in [6, 6.07) is 25.1. The van der Waals surface area contributed by atoms with Crippen molar-refractivity contribution in [1.82, 2.24) is 10.2 Å². The lowest BCUT2D eigenvalue weighted by Crippen LogP contribution is -2.11. The molecule has 0 fully saturated rings. The molecule has 1 heterocycles. The number of benzene rings is 3. The first kappa shape index (κ1) is 20.9.